The summed E-state index contributed by atoms with van der Waals surface area (Å²) in [5.41, 5.74) is 3.72. The number of carbonyl (C=O) groups excluding carboxylic acids is 1. The second kappa shape index (κ2) is 9.55. The number of nitrogens with one attached hydrogen (secondary N) is 1. The van der Waals surface area contributed by atoms with E-state index >= 15 is 0 Å². The van der Waals surface area contributed by atoms with Gasteiger partial charge < -0.3 is 5.32 Å². The molecular formula is C23H18FN3OS3. The third kappa shape index (κ3) is 5.28. The summed E-state index contributed by atoms with van der Waals surface area (Å²) in [6.07, 6.45) is 0. The molecule has 31 heavy (non-hydrogen) atoms. The van der Waals surface area contributed by atoms with Crippen molar-refractivity contribution in [1.82, 2.24) is 9.78 Å². The van der Waals surface area contributed by atoms with Crippen LogP contribution in [0.1, 0.15) is 21.5 Å². The van der Waals surface area contributed by atoms with Crippen molar-refractivity contribution < 1.29 is 9.18 Å². The number of hydrogen-bond donors (Lipinski definition) is 1. The van der Waals surface area contributed by atoms with E-state index in [4.69, 9.17) is 12.2 Å². The number of amides is 1. The molecule has 0 saturated heterocycles. The van der Waals surface area contributed by atoms with Crippen molar-refractivity contribution in [3.8, 4) is 5.69 Å². The number of anilines is 1. The van der Waals surface area contributed by atoms with Crippen LogP contribution in [0.4, 0.5) is 10.1 Å². The fraction of sp³-hybridized carbons (Fsp3) is 0.0870. The number of nitrogens with zero attached hydrogens (tertiary/aromatic N) is 2. The zero-order chi connectivity index (χ0) is 21.8. The topological polar surface area (TPSA) is 46.9 Å². The van der Waals surface area contributed by atoms with Gasteiger partial charge in [-0.25, -0.2) is 9.07 Å². The first kappa shape index (κ1) is 21.4. The lowest BCUT2D eigenvalue weighted by Gasteiger charge is -2.09. The third-order valence-corrected chi connectivity index (χ3v) is 6.99. The van der Waals surface area contributed by atoms with Crippen molar-refractivity contribution in [2.75, 3.05) is 5.32 Å². The molecule has 0 fully saturated rings. The lowest BCUT2D eigenvalue weighted by Crippen LogP contribution is -2.13. The summed E-state index contributed by atoms with van der Waals surface area (Å²) in [7, 11) is 0. The van der Waals surface area contributed by atoms with E-state index in [0.717, 1.165) is 21.3 Å². The number of halogens is 1. The van der Waals surface area contributed by atoms with E-state index < -0.39 is 5.82 Å². The lowest BCUT2D eigenvalue weighted by atomic mass is 10.1. The minimum atomic E-state index is -0.393. The average Bonchev–Trinajstić information content (AvgIpc) is 3.16. The summed E-state index contributed by atoms with van der Waals surface area (Å²) >= 11 is 8.57. The van der Waals surface area contributed by atoms with Crippen LogP contribution in [0, 0.1) is 16.7 Å². The van der Waals surface area contributed by atoms with E-state index in [2.05, 4.69) is 22.5 Å². The van der Waals surface area contributed by atoms with Gasteiger partial charge in [-0.2, -0.15) is 0 Å². The molecule has 4 nitrogen and oxygen atoms in total. The molecule has 0 radical (unpaired) electrons. The monoisotopic (exact) mass is 467 g/mol. The largest absolute Gasteiger partial charge is 0.322 e. The van der Waals surface area contributed by atoms with Gasteiger partial charge >= 0.3 is 0 Å². The number of carbonyl (C=O) groups is 1. The smallest absolute Gasteiger partial charge is 0.255 e. The van der Waals surface area contributed by atoms with Gasteiger partial charge in [0, 0.05) is 17.0 Å². The predicted octanol–water partition coefficient (Wildman–Crippen LogP) is 6.66. The van der Waals surface area contributed by atoms with E-state index in [1.54, 1.807) is 46.8 Å². The van der Waals surface area contributed by atoms with Gasteiger partial charge in [0.25, 0.3) is 5.91 Å². The summed E-state index contributed by atoms with van der Waals surface area (Å²) in [6, 6.07) is 21.5. The van der Waals surface area contributed by atoms with Gasteiger partial charge in [0.1, 0.15) is 5.82 Å². The second-order valence-electron chi connectivity index (χ2n) is 6.78. The highest BCUT2D eigenvalue weighted by molar-refractivity contribution is 8.00. The maximum atomic E-state index is 13.5. The zero-order valence-electron chi connectivity index (χ0n) is 16.5. The Kier molecular flexibility index (Phi) is 6.60. The minimum Gasteiger partial charge on any atom is -0.322 e. The van der Waals surface area contributed by atoms with Crippen molar-refractivity contribution in [1.29, 1.82) is 0 Å². The molecule has 1 aromatic heterocycles. The maximum Gasteiger partial charge on any atom is 0.255 e. The first-order chi connectivity index (χ1) is 15.0. The Hall–Kier alpha value is -2.81. The molecule has 0 aliphatic carbocycles. The van der Waals surface area contributed by atoms with E-state index in [9.17, 15) is 9.18 Å². The molecule has 0 atom stereocenters. The number of hydrogen-bond acceptors (Lipinski definition) is 5. The highest BCUT2D eigenvalue weighted by Gasteiger charge is 2.11. The molecule has 4 aromatic rings. The molecule has 1 heterocycles. The second-order valence-corrected chi connectivity index (χ2v) is 9.63. The fourth-order valence-electron chi connectivity index (χ4n) is 2.88. The highest BCUT2D eigenvalue weighted by atomic mass is 32.2. The number of benzene rings is 3. The van der Waals surface area contributed by atoms with Crippen molar-refractivity contribution in [3.05, 3.63) is 99.3 Å². The summed E-state index contributed by atoms with van der Waals surface area (Å²) in [4.78, 5) is 12.5. The maximum absolute atomic E-state index is 13.5. The van der Waals surface area contributed by atoms with Gasteiger partial charge in [-0.3, -0.25) is 4.79 Å². The molecule has 8 heteroatoms. The van der Waals surface area contributed by atoms with E-state index in [0.29, 0.717) is 15.2 Å². The molecular weight excluding hydrogens is 449 g/mol. The molecule has 156 valence electrons. The predicted molar refractivity (Wildman–Crippen MR) is 127 cm³/mol. The van der Waals surface area contributed by atoms with E-state index in [1.165, 1.54) is 29.0 Å². The molecule has 4 rings (SSSR count). The van der Waals surface area contributed by atoms with Crippen molar-refractivity contribution in [2.45, 2.75) is 17.0 Å². The summed E-state index contributed by atoms with van der Waals surface area (Å²) in [6.45, 7) is 1.82. The van der Waals surface area contributed by atoms with Gasteiger partial charge in [0.05, 0.1) is 5.69 Å². The standard InChI is InChI=1S/C23H18FN3OS3/c1-15-7-10-18(24)13-20(15)25-21(28)17-8-11-19(12-9-17)27-23(29)31-22(26-27)30-14-16-5-3-2-4-6-16/h2-13H,14H2,1H3,(H,25,28). The lowest BCUT2D eigenvalue weighted by molar-refractivity contribution is 0.102. The molecule has 1 amide bonds. The SMILES string of the molecule is Cc1ccc(F)cc1NC(=O)c1ccc(-n2nc(SCc3ccccc3)sc2=S)cc1. The first-order valence-electron chi connectivity index (χ1n) is 9.44. The summed E-state index contributed by atoms with van der Waals surface area (Å²) < 4.78 is 16.7. The van der Waals surface area contributed by atoms with E-state index in [-0.39, 0.29) is 5.91 Å². The number of rotatable bonds is 6. The zero-order valence-corrected chi connectivity index (χ0v) is 19.0. The highest BCUT2D eigenvalue weighted by Crippen LogP contribution is 2.27. The van der Waals surface area contributed by atoms with E-state index in [1.807, 2.05) is 25.1 Å². The minimum absolute atomic E-state index is 0.304. The molecule has 0 saturated carbocycles. The van der Waals surface area contributed by atoms with Crippen LogP contribution in [0.2, 0.25) is 0 Å². The van der Waals surface area contributed by atoms with Crippen LogP contribution in [-0.2, 0) is 5.75 Å². The van der Waals surface area contributed by atoms with Gasteiger partial charge in [-0.1, -0.05) is 59.5 Å². The van der Waals surface area contributed by atoms with Crippen molar-refractivity contribution in [2.24, 2.45) is 0 Å². The Morgan fingerprint density at radius 2 is 1.87 bits per heavy atom. The van der Waals surface area contributed by atoms with Crippen LogP contribution in [0.15, 0.2) is 77.1 Å². The van der Waals surface area contributed by atoms with Crippen molar-refractivity contribution in [3.63, 3.8) is 0 Å². The molecule has 1 N–H and O–H groups in total. The quantitative estimate of drug-likeness (QED) is 0.255. The van der Waals surface area contributed by atoms with Crippen LogP contribution in [0.3, 0.4) is 0 Å². The van der Waals surface area contributed by atoms with Crippen LogP contribution in [-0.4, -0.2) is 15.7 Å². The van der Waals surface area contributed by atoms with Crippen LogP contribution in [0.25, 0.3) is 5.69 Å². The molecule has 3 aromatic carbocycles. The molecule has 0 bridgehead atoms. The molecule has 0 aliphatic heterocycles. The Morgan fingerprint density at radius 1 is 1.13 bits per heavy atom. The number of thioether (sulfide) groups is 1. The Balaban J connectivity index is 1.46. The van der Waals surface area contributed by atoms with Crippen LogP contribution in [0.5, 0.6) is 0 Å². The molecule has 0 unspecified atom stereocenters. The molecule has 0 spiro atoms. The normalized spacial score (nSPS) is 10.8. The Morgan fingerprint density at radius 3 is 2.61 bits per heavy atom. The van der Waals surface area contributed by atoms with Gasteiger partial charge in [0.15, 0.2) is 8.29 Å². The first-order valence-corrected chi connectivity index (χ1v) is 11.7. The summed E-state index contributed by atoms with van der Waals surface area (Å²) in [5, 5.41) is 7.36. The number of aryl methyl sites for hydroxylation is 1. The van der Waals surface area contributed by atoms with Gasteiger partial charge in [-0.05, 0) is 66.7 Å². The van der Waals surface area contributed by atoms with Gasteiger partial charge in [-0.15, -0.1) is 5.10 Å². The summed E-state index contributed by atoms with van der Waals surface area (Å²) in [5.74, 6) is 0.123. The number of aromatic nitrogens is 2. The Labute approximate surface area is 192 Å². The molecule has 0 aliphatic rings. The van der Waals surface area contributed by atoms with Crippen molar-refractivity contribution >= 4 is 46.9 Å². The fourth-order valence-corrected chi connectivity index (χ4v) is 5.20. The average molecular weight is 468 g/mol. The van der Waals surface area contributed by atoms with Gasteiger partial charge in [0.2, 0.25) is 0 Å². The van der Waals surface area contributed by atoms with Crippen LogP contribution >= 0.6 is 35.3 Å². The van der Waals surface area contributed by atoms with Crippen LogP contribution < -0.4 is 5.32 Å². The Bertz CT molecular complexity index is 1270. The third-order valence-electron chi connectivity index (χ3n) is 4.56.